The summed E-state index contributed by atoms with van der Waals surface area (Å²) in [4.78, 5) is 16.9. The van der Waals surface area contributed by atoms with Crippen LogP contribution in [0, 0.1) is 12.7 Å². The lowest BCUT2D eigenvalue weighted by molar-refractivity contribution is 0.600. The summed E-state index contributed by atoms with van der Waals surface area (Å²) >= 11 is 0. The molecule has 0 aliphatic carbocycles. The highest BCUT2D eigenvalue weighted by Gasteiger charge is 2.17. The van der Waals surface area contributed by atoms with Crippen molar-refractivity contribution < 1.29 is 12.8 Å². The van der Waals surface area contributed by atoms with Crippen LogP contribution < -0.4 is 0 Å². The number of aromatic amines is 2. The van der Waals surface area contributed by atoms with Gasteiger partial charge in [0.25, 0.3) is 0 Å². The number of rotatable bonds is 6. The Morgan fingerprint density at radius 3 is 2.63 bits per heavy atom. The molecule has 2 N–H and O–H groups in total. The van der Waals surface area contributed by atoms with E-state index in [1.54, 1.807) is 24.5 Å². The van der Waals surface area contributed by atoms with E-state index < -0.39 is 15.7 Å². The Morgan fingerprint density at radius 2 is 1.82 bits per heavy atom. The summed E-state index contributed by atoms with van der Waals surface area (Å²) in [5.74, 6) is 0.0266. The number of nitrogens with one attached hydrogen (secondary N) is 2. The third-order valence-corrected chi connectivity index (χ3v) is 7.48. The number of hydrogen-bond acceptors (Lipinski definition) is 6. The average molecular weight is 527 g/mol. The number of imidazole rings is 1. The molecule has 2 aromatic carbocycles. The number of sulfone groups is 1. The quantitative estimate of drug-likeness (QED) is 0.306. The smallest absolute Gasteiger partial charge is 0.159 e. The van der Waals surface area contributed by atoms with Gasteiger partial charge in [0.05, 0.1) is 22.5 Å². The predicted molar refractivity (Wildman–Crippen MR) is 146 cm³/mol. The molecule has 0 aliphatic heterocycles. The van der Waals surface area contributed by atoms with Crippen LogP contribution in [-0.4, -0.2) is 50.6 Å². The molecular formula is C28H23FN6O2S. The molecule has 0 saturated heterocycles. The van der Waals surface area contributed by atoms with Crippen molar-refractivity contribution in [1.29, 1.82) is 0 Å². The first-order valence-corrected chi connectivity index (χ1v) is 14.0. The molecule has 0 unspecified atom stereocenters. The molecule has 0 atom stereocenters. The minimum Gasteiger partial charge on any atom is -0.336 e. The van der Waals surface area contributed by atoms with E-state index in [2.05, 4.69) is 31.2 Å². The molecule has 190 valence electrons. The Labute approximate surface area is 217 Å². The molecule has 4 aromatic heterocycles. The van der Waals surface area contributed by atoms with Crippen LogP contribution in [0.3, 0.4) is 0 Å². The molecule has 0 aliphatic rings. The van der Waals surface area contributed by atoms with E-state index in [1.165, 1.54) is 18.4 Å². The zero-order valence-corrected chi connectivity index (χ0v) is 21.5. The number of aromatic nitrogens is 6. The number of halogens is 1. The molecule has 0 fully saturated rings. The summed E-state index contributed by atoms with van der Waals surface area (Å²) in [5, 5.41) is 8.49. The number of pyridine rings is 2. The van der Waals surface area contributed by atoms with E-state index in [1.807, 2.05) is 31.3 Å². The number of nitrogens with zero attached hydrogens (tertiary/aromatic N) is 4. The molecule has 8 nitrogen and oxygen atoms in total. The maximum absolute atomic E-state index is 14.5. The molecule has 0 bridgehead atoms. The first kappa shape index (κ1) is 23.9. The largest absolute Gasteiger partial charge is 0.336 e. The van der Waals surface area contributed by atoms with Crippen molar-refractivity contribution in [2.45, 2.75) is 13.3 Å². The van der Waals surface area contributed by atoms with Gasteiger partial charge in [0, 0.05) is 41.4 Å². The van der Waals surface area contributed by atoms with Crippen LogP contribution in [0.1, 0.15) is 11.1 Å². The summed E-state index contributed by atoms with van der Waals surface area (Å²) in [6.45, 7) is 2.05. The van der Waals surface area contributed by atoms with Crippen LogP contribution in [0.25, 0.3) is 55.8 Å². The number of hydrogen-bond donors (Lipinski definition) is 2. The molecule has 0 radical (unpaired) electrons. The van der Waals surface area contributed by atoms with Crippen molar-refractivity contribution in [2.75, 3.05) is 12.0 Å². The molecule has 10 heteroatoms. The van der Waals surface area contributed by atoms with Crippen molar-refractivity contribution in [3.63, 3.8) is 0 Å². The molecule has 6 aromatic rings. The van der Waals surface area contributed by atoms with Gasteiger partial charge in [-0.25, -0.2) is 17.8 Å². The monoisotopic (exact) mass is 526 g/mol. The second kappa shape index (κ2) is 9.14. The predicted octanol–water partition coefficient (Wildman–Crippen LogP) is 5.26. The molecule has 0 amide bonds. The molecular weight excluding hydrogens is 503 g/mol. The summed E-state index contributed by atoms with van der Waals surface area (Å²) < 4.78 is 37.7. The van der Waals surface area contributed by atoms with Gasteiger partial charge in [-0.1, -0.05) is 6.07 Å². The maximum atomic E-state index is 14.5. The SMILES string of the molecule is Cc1ccncc1-c1ccc2[nH]nc(-c3nc4c(-c5cc(F)cc(CCS(C)(=O)=O)c5)nccc4[nH]3)c2c1. The fraction of sp³-hybridized carbons (Fsp3) is 0.143. The topological polar surface area (TPSA) is 117 Å². The van der Waals surface area contributed by atoms with Gasteiger partial charge in [-0.2, -0.15) is 5.10 Å². The van der Waals surface area contributed by atoms with E-state index in [0.29, 0.717) is 33.9 Å². The van der Waals surface area contributed by atoms with Gasteiger partial charge in [-0.3, -0.25) is 15.1 Å². The molecule has 6 rings (SSSR count). The van der Waals surface area contributed by atoms with Crippen LogP contribution in [0.5, 0.6) is 0 Å². The van der Waals surface area contributed by atoms with E-state index in [-0.39, 0.29) is 12.2 Å². The normalized spacial score (nSPS) is 12.0. The van der Waals surface area contributed by atoms with Gasteiger partial charge in [0.1, 0.15) is 26.9 Å². The van der Waals surface area contributed by atoms with Crippen molar-refractivity contribution in [3.05, 3.63) is 84.1 Å². The number of benzene rings is 2. The van der Waals surface area contributed by atoms with Crippen LogP contribution in [-0.2, 0) is 16.3 Å². The van der Waals surface area contributed by atoms with E-state index in [9.17, 15) is 12.8 Å². The van der Waals surface area contributed by atoms with Gasteiger partial charge in [-0.05, 0) is 72.5 Å². The third-order valence-electron chi connectivity index (χ3n) is 6.53. The lowest BCUT2D eigenvalue weighted by Gasteiger charge is -2.06. The second-order valence-corrected chi connectivity index (χ2v) is 11.7. The third kappa shape index (κ3) is 4.54. The van der Waals surface area contributed by atoms with Gasteiger partial charge in [0.15, 0.2) is 5.82 Å². The van der Waals surface area contributed by atoms with Gasteiger partial charge >= 0.3 is 0 Å². The Kier molecular flexibility index (Phi) is 5.76. The van der Waals surface area contributed by atoms with Crippen LogP contribution >= 0.6 is 0 Å². The van der Waals surface area contributed by atoms with Gasteiger partial charge < -0.3 is 4.98 Å². The lowest BCUT2D eigenvalue weighted by Crippen LogP contribution is -2.06. The number of aryl methyl sites for hydroxylation is 2. The lowest BCUT2D eigenvalue weighted by atomic mass is 10.0. The van der Waals surface area contributed by atoms with E-state index >= 15 is 0 Å². The van der Waals surface area contributed by atoms with Crippen molar-refractivity contribution in [3.8, 4) is 33.9 Å². The Hall–Kier alpha value is -4.44. The summed E-state index contributed by atoms with van der Waals surface area (Å²) in [6, 6.07) is 14.3. The highest BCUT2D eigenvalue weighted by Crippen LogP contribution is 2.33. The summed E-state index contributed by atoms with van der Waals surface area (Å²) in [5.41, 5.74) is 7.59. The Balaban J connectivity index is 1.44. The Bertz CT molecular complexity index is 1940. The number of H-pyrrole nitrogens is 2. The van der Waals surface area contributed by atoms with Gasteiger partial charge in [0.2, 0.25) is 0 Å². The molecule has 0 spiro atoms. The minimum atomic E-state index is -3.18. The van der Waals surface area contributed by atoms with Crippen molar-refractivity contribution in [1.82, 2.24) is 30.1 Å². The molecule has 0 saturated carbocycles. The van der Waals surface area contributed by atoms with Crippen LogP contribution in [0.4, 0.5) is 4.39 Å². The van der Waals surface area contributed by atoms with E-state index in [4.69, 9.17) is 4.98 Å². The first-order valence-electron chi connectivity index (χ1n) is 12.0. The van der Waals surface area contributed by atoms with Crippen LogP contribution in [0.2, 0.25) is 0 Å². The minimum absolute atomic E-state index is 0.0626. The first-order chi connectivity index (χ1) is 18.2. The number of fused-ring (bicyclic) bond motifs is 2. The zero-order chi connectivity index (χ0) is 26.4. The summed E-state index contributed by atoms with van der Waals surface area (Å²) in [6.07, 6.45) is 6.63. The molecule has 38 heavy (non-hydrogen) atoms. The molecule has 4 heterocycles. The van der Waals surface area contributed by atoms with Crippen LogP contribution in [0.15, 0.2) is 67.1 Å². The average Bonchev–Trinajstić information content (AvgIpc) is 3.50. The van der Waals surface area contributed by atoms with Gasteiger partial charge in [-0.15, -0.1) is 0 Å². The van der Waals surface area contributed by atoms with Crippen molar-refractivity contribution >= 4 is 31.8 Å². The summed E-state index contributed by atoms with van der Waals surface area (Å²) in [7, 11) is -3.18. The maximum Gasteiger partial charge on any atom is 0.159 e. The van der Waals surface area contributed by atoms with E-state index in [0.717, 1.165) is 33.1 Å². The van der Waals surface area contributed by atoms with Crippen molar-refractivity contribution in [2.24, 2.45) is 0 Å². The fourth-order valence-corrected chi connectivity index (χ4v) is 5.23. The Morgan fingerprint density at radius 1 is 0.947 bits per heavy atom. The second-order valence-electron chi connectivity index (χ2n) is 9.39. The fourth-order valence-electron chi connectivity index (χ4n) is 4.62. The zero-order valence-electron chi connectivity index (χ0n) is 20.7. The highest BCUT2D eigenvalue weighted by molar-refractivity contribution is 7.90. The highest BCUT2D eigenvalue weighted by atomic mass is 32.2. The standard InChI is InChI=1S/C28H23FN6O2S/c1-16-5-8-30-15-22(16)18-3-4-23-21(14-18)26(35-34-23)28-32-24-6-9-31-25(27(24)33-28)19-11-17(12-20(29)13-19)7-10-38(2,36)37/h3-6,8-9,11-15H,7,10H2,1-2H3,(H,32,33)(H,34,35).